The molecular formula is C16H32N2O. The van der Waals surface area contributed by atoms with E-state index in [1.54, 1.807) is 0 Å². The number of rotatable bonds is 5. The SMILES string of the molecule is CC1CCC(C(CCC2CCCCO2)NN)CC1C. The van der Waals surface area contributed by atoms with Crippen molar-refractivity contribution in [2.24, 2.45) is 23.6 Å². The van der Waals surface area contributed by atoms with E-state index in [0.717, 1.165) is 24.4 Å². The molecule has 19 heavy (non-hydrogen) atoms. The fourth-order valence-corrected chi connectivity index (χ4v) is 3.81. The number of hydrogen-bond acceptors (Lipinski definition) is 3. The van der Waals surface area contributed by atoms with Crippen molar-refractivity contribution in [2.45, 2.75) is 77.4 Å². The molecule has 3 nitrogen and oxygen atoms in total. The van der Waals surface area contributed by atoms with Gasteiger partial charge in [0, 0.05) is 12.6 Å². The molecule has 0 aromatic carbocycles. The van der Waals surface area contributed by atoms with Crippen molar-refractivity contribution >= 4 is 0 Å². The van der Waals surface area contributed by atoms with E-state index in [9.17, 15) is 0 Å². The van der Waals surface area contributed by atoms with Crippen LogP contribution in [0.2, 0.25) is 0 Å². The standard InChI is InChI=1S/C16H32N2O/c1-12-6-7-14(11-13(12)2)16(18-17)9-8-15-5-3-4-10-19-15/h12-16,18H,3-11,17H2,1-2H3. The second-order valence-corrected chi connectivity index (χ2v) is 6.87. The van der Waals surface area contributed by atoms with E-state index in [2.05, 4.69) is 19.3 Å². The van der Waals surface area contributed by atoms with Gasteiger partial charge in [-0.15, -0.1) is 0 Å². The van der Waals surface area contributed by atoms with Gasteiger partial charge in [-0.2, -0.15) is 0 Å². The van der Waals surface area contributed by atoms with Crippen molar-refractivity contribution < 1.29 is 4.74 Å². The number of hydrazine groups is 1. The zero-order valence-electron chi connectivity index (χ0n) is 12.7. The topological polar surface area (TPSA) is 47.3 Å². The molecular weight excluding hydrogens is 236 g/mol. The number of ether oxygens (including phenoxy) is 1. The van der Waals surface area contributed by atoms with Crippen molar-refractivity contribution in [1.29, 1.82) is 0 Å². The third-order valence-electron chi connectivity index (χ3n) is 5.50. The Hall–Kier alpha value is -0.120. The van der Waals surface area contributed by atoms with E-state index >= 15 is 0 Å². The van der Waals surface area contributed by atoms with Gasteiger partial charge in [-0.1, -0.05) is 20.3 Å². The lowest BCUT2D eigenvalue weighted by molar-refractivity contribution is 0.00642. The minimum atomic E-state index is 0.487. The van der Waals surface area contributed by atoms with Crippen molar-refractivity contribution in [2.75, 3.05) is 6.61 Å². The zero-order chi connectivity index (χ0) is 13.7. The van der Waals surface area contributed by atoms with Gasteiger partial charge in [0.15, 0.2) is 0 Å². The van der Waals surface area contributed by atoms with Gasteiger partial charge in [0.05, 0.1) is 6.10 Å². The van der Waals surface area contributed by atoms with Crippen LogP contribution >= 0.6 is 0 Å². The lowest BCUT2D eigenvalue weighted by atomic mass is 9.72. The zero-order valence-corrected chi connectivity index (χ0v) is 12.7. The van der Waals surface area contributed by atoms with Crippen LogP contribution < -0.4 is 11.3 Å². The maximum Gasteiger partial charge on any atom is 0.0575 e. The molecule has 2 fully saturated rings. The Bertz CT molecular complexity index is 253. The Morgan fingerprint density at radius 1 is 1.16 bits per heavy atom. The molecule has 0 aromatic rings. The monoisotopic (exact) mass is 268 g/mol. The van der Waals surface area contributed by atoms with Gasteiger partial charge in [0.1, 0.15) is 0 Å². The Kier molecular flexibility index (Phi) is 6.11. The van der Waals surface area contributed by atoms with E-state index in [0.29, 0.717) is 12.1 Å². The maximum absolute atomic E-state index is 5.83. The first-order chi connectivity index (χ1) is 9.20. The summed E-state index contributed by atoms with van der Waals surface area (Å²) >= 11 is 0. The molecule has 1 saturated carbocycles. The Morgan fingerprint density at radius 3 is 2.63 bits per heavy atom. The fraction of sp³-hybridized carbons (Fsp3) is 1.00. The summed E-state index contributed by atoms with van der Waals surface area (Å²) in [5.41, 5.74) is 3.09. The van der Waals surface area contributed by atoms with E-state index in [1.807, 2.05) is 0 Å². The van der Waals surface area contributed by atoms with Gasteiger partial charge >= 0.3 is 0 Å². The lowest BCUT2D eigenvalue weighted by Crippen LogP contribution is -2.44. The molecule has 2 rings (SSSR count). The summed E-state index contributed by atoms with van der Waals surface area (Å²) in [6, 6.07) is 0.487. The summed E-state index contributed by atoms with van der Waals surface area (Å²) < 4.78 is 5.83. The van der Waals surface area contributed by atoms with Gasteiger partial charge < -0.3 is 4.74 Å². The predicted octanol–water partition coefficient (Wildman–Crippen LogP) is 3.24. The molecule has 2 aliphatic rings. The molecule has 3 heteroatoms. The normalized spacial score (nSPS) is 38.1. The van der Waals surface area contributed by atoms with E-state index in [1.165, 1.54) is 51.4 Å². The average Bonchev–Trinajstić information content (AvgIpc) is 2.44. The van der Waals surface area contributed by atoms with Crippen molar-refractivity contribution in [1.82, 2.24) is 5.43 Å². The van der Waals surface area contributed by atoms with Crippen LogP contribution in [0.5, 0.6) is 0 Å². The van der Waals surface area contributed by atoms with Gasteiger partial charge in [-0.05, 0) is 62.7 Å². The van der Waals surface area contributed by atoms with Crippen LogP contribution in [0.4, 0.5) is 0 Å². The van der Waals surface area contributed by atoms with Gasteiger partial charge in [0.2, 0.25) is 0 Å². The Balaban J connectivity index is 1.75. The summed E-state index contributed by atoms with van der Waals surface area (Å²) in [6.45, 7) is 5.75. The first-order valence-electron chi connectivity index (χ1n) is 8.28. The molecule has 3 N–H and O–H groups in total. The largest absolute Gasteiger partial charge is 0.378 e. The summed E-state index contributed by atoms with van der Waals surface area (Å²) in [4.78, 5) is 0. The average molecular weight is 268 g/mol. The molecule has 5 unspecified atom stereocenters. The highest BCUT2D eigenvalue weighted by atomic mass is 16.5. The molecule has 5 atom stereocenters. The third kappa shape index (κ3) is 4.44. The molecule has 0 amide bonds. The molecule has 0 aromatic heterocycles. The summed E-state index contributed by atoms with van der Waals surface area (Å²) in [7, 11) is 0. The summed E-state index contributed by atoms with van der Waals surface area (Å²) in [6.07, 6.45) is 10.7. The minimum absolute atomic E-state index is 0.487. The smallest absolute Gasteiger partial charge is 0.0575 e. The molecule has 1 heterocycles. The molecule has 0 bridgehead atoms. The van der Waals surface area contributed by atoms with Crippen molar-refractivity contribution in [3.63, 3.8) is 0 Å². The van der Waals surface area contributed by atoms with Crippen molar-refractivity contribution in [3.05, 3.63) is 0 Å². The van der Waals surface area contributed by atoms with E-state index in [4.69, 9.17) is 10.6 Å². The van der Waals surface area contributed by atoms with Gasteiger partial charge in [0.25, 0.3) is 0 Å². The molecule has 1 saturated heterocycles. The summed E-state index contributed by atoms with van der Waals surface area (Å²) in [5, 5.41) is 0. The van der Waals surface area contributed by atoms with E-state index in [-0.39, 0.29) is 0 Å². The maximum atomic E-state index is 5.83. The second kappa shape index (κ2) is 7.61. The Labute approximate surface area is 118 Å². The van der Waals surface area contributed by atoms with Crippen LogP contribution in [0, 0.1) is 17.8 Å². The van der Waals surface area contributed by atoms with Gasteiger partial charge in [-0.25, -0.2) is 0 Å². The van der Waals surface area contributed by atoms with Crippen LogP contribution in [0.3, 0.4) is 0 Å². The highest BCUT2D eigenvalue weighted by molar-refractivity contribution is 4.83. The third-order valence-corrected chi connectivity index (χ3v) is 5.50. The molecule has 0 radical (unpaired) electrons. The molecule has 112 valence electrons. The quantitative estimate of drug-likeness (QED) is 0.594. The first-order valence-corrected chi connectivity index (χ1v) is 8.28. The van der Waals surface area contributed by atoms with Crippen LogP contribution in [0.1, 0.15) is 65.2 Å². The van der Waals surface area contributed by atoms with Crippen LogP contribution in [0.25, 0.3) is 0 Å². The highest BCUT2D eigenvalue weighted by Gasteiger charge is 2.30. The van der Waals surface area contributed by atoms with Crippen LogP contribution in [-0.4, -0.2) is 18.8 Å². The lowest BCUT2D eigenvalue weighted by Gasteiger charge is -2.37. The predicted molar refractivity (Wildman–Crippen MR) is 79.6 cm³/mol. The number of nitrogens with one attached hydrogen (secondary N) is 1. The van der Waals surface area contributed by atoms with Crippen molar-refractivity contribution in [3.8, 4) is 0 Å². The fourth-order valence-electron chi connectivity index (χ4n) is 3.81. The molecule has 1 aliphatic heterocycles. The number of hydrogen-bond donors (Lipinski definition) is 2. The summed E-state index contributed by atoms with van der Waals surface area (Å²) in [5.74, 6) is 8.31. The second-order valence-electron chi connectivity index (χ2n) is 6.87. The first kappa shape index (κ1) is 15.3. The molecule has 0 spiro atoms. The van der Waals surface area contributed by atoms with Crippen LogP contribution in [-0.2, 0) is 4.74 Å². The van der Waals surface area contributed by atoms with Gasteiger partial charge in [-0.3, -0.25) is 11.3 Å². The number of nitrogens with two attached hydrogens (primary N) is 1. The minimum Gasteiger partial charge on any atom is -0.378 e. The van der Waals surface area contributed by atoms with Crippen LogP contribution in [0.15, 0.2) is 0 Å². The highest BCUT2D eigenvalue weighted by Crippen LogP contribution is 2.36. The molecule has 1 aliphatic carbocycles. The van der Waals surface area contributed by atoms with E-state index < -0.39 is 0 Å². The Morgan fingerprint density at radius 2 is 2.00 bits per heavy atom.